The van der Waals surface area contributed by atoms with E-state index in [2.05, 4.69) is 5.32 Å². The second-order valence-electron chi connectivity index (χ2n) is 5.51. The summed E-state index contributed by atoms with van der Waals surface area (Å²) in [5.41, 5.74) is 1.14. The summed E-state index contributed by atoms with van der Waals surface area (Å²) < 4.78 is 1.43. The zero-order valence-corrected chi connectivity index (χ0v) is 12.5. The van der Waals surface area contributed by atoms with Crippen molar-refractivity contribution >= 4 is 5.91 Å². The SMILES string of the molecule is Cn1cccc(C(=O)N2CCN[C@H](c3ccccc3)C2)c1=O. The van der Waals surface area contributed by atoms with Crippen LogP contribution in [0.4, 0.5) is 0 Å². The highest BCUT2D eigenvalue weighted by atomic mass is 16.2. The van der Waals surface area contributed by atoms with Gasteiger partial charge in [0.2, 0.25) is 0 Å². The lowest BCUT2D eigenvalue weighted by molar-refractivity contribution is 0.0700. The lowest BCUT2D eigenvalue weighted by Gasteiger charge is -2.34. The minimum atomic E-state index is -0.248. The summed E-state index contributed by atoms with van der Waals surface area (Å²) in [4.78, 5) is 26.5. The molecule has 2 aromatic rings. The predicted molar refractivity (Wildman–Crippen MR) is 84.8 cm³/mol. The van der Waals surface area contributed by atoms with Crippen molar-refractivity contribution in [2.45, 2.75) is 6.04 Å². The Morgan fingerprint density at radius 2 is 1.95 bits per heavy atom. The average molecular weight is 297 g/mol. The third-order valence-electron chi connectivity index (χ3n) is 4.02. The topological polar surface area (TPSA) is 54.3 Å². The molecule has 1 saturated heterocycles. The fraction of sp³-hybridized carbons (Fsp3) is 0.294. The van der Waals surface area contributed by atoms with Crippen LogP contribution in [0.5, 0.6) is 0 Å². The van der Waals surface area contributed by atoms with E-state index in [-0.39, 0.29) is 23.1 Å². The fourth-order valence-corrected chi connectivity index (χ4v) is 2.77. The lowest BCUT2D eigenvalue weighted by atomic mass is 10.0. The highest BCUT2D eigenvalue weighted by molar-refractivity contribution is 5.94. The lowest BCUT2D eigenvalue weighted by Crippen LogP contribution is -2.49. The van der Waals surface area contributed by atoms with Gasteiger partial charge in [-0.25, -0.2) is 0 Å². The largest absolute Gasteiger partial charge is 0.335 e. The highest BCUT2D eigenvalue weighted by Crippen LogP contribution is 2.17. The van der Waals surface area contributed by atoms with Crippen LogP contribution in [-0.2, 0) is 7.05 Å². The van der Waals surface area contributed by atoms with Crippen LogP contribution in [0.3, 0.4) is 0 Å². The van der Waals surface area contributed by atoms with Crippen molar-refractivity contribution in [3.8, 4) is 0 Å². The molecule has 0 saturated carbocycles. The molecule has 5 nitrogen and oxygen atoms in total. The molecule has 1 aliphatic heterocycles. The van der Waals surface area contributed by atoms with Crippen LogP contribution in [0, 0.1) is 0 Å². The van der Waals surface area contributed by atoms with Gasteiger partial charge in [-0.3, -0.25) is 9.59 Å². The molecule has 0 radical (unpaired) electrons. The number of piperazine rings is 1. The van der Waals surface area contributed by atoms with Crippen LogP contribution in [-0.4, -0.2) is 35.0 Å². The molecule has 1 aromatic heterocycles. The van der Waals surface area contributed by atoms with Crippen molar-refractivity contribution in [2.75, 3.05) is 19.6 Å². The van der Waals surface area contributed by atoms with E-state index in [9.17, 15) is 9.59 Å². The number of amides is 1. The third-order valence-corrected chi connectivity index (χ3v) is 4.02. The number of carbonyl (C=O) groups is 1. The summed E-state index contributed by atoms with van der Waals surface area (Å²) >= 11 is 0. The first-order valence-corrected chi connectivity index (χ1v) is 7.40. The smallest absolute Gasteiger partial charge is 0.263 e. The van der Waals surface area contributed by atoms with Crippen LogP contribution >= 0.6 is 0 Å². The second-order valence-corrected chi connectivity index (χ2v) is 5.51. The van der Waals surface area contributed by atoms with Gasteiger partial charge in [0.25, 0.3) is 11.5 Å². The quantitative estimate of drug-likeness (QED) is 0.905. The molecule has 114 valence electrons. The van der Waals surface area contributed by atoms with Crippen LogP contribution in [0.2, 0.25) is 0 Å². The Labute approximate surface area is 129 Å². The molecule has 0 unspecified atom stereocenters. The molecule has 22 heavy (non-hydrogen) atoms. The first kappa shape index (κ1) is 14.5. The van der Waals surface area contributed by atoms with E-state index in [1.54, 1.807) is 30.3 Å². The molecule has 1 amide bonds. The van der Waals surface area contributed by atoms with E-state index in [0.29, 0.717) is 13.1 Å². The Bertz CT molecular complexity index is 724. The number of nitrogens with one attached hydrogen (secondary N) is 1. The molecule has 1 aliphatic rings. The van der Waals surface area contributed by atoms with E-state index in [0.717, 1.165) is 12.1 Å². The zero-order valence-electron chi connectivity index (χ0n) is 12.5. The fourth-order valence-electron chi connectivity index (χ4n) is 2.77. The zero-order chi connectivity index (χ0) is 15.5. The van der Waals surface area contributed by atoms with Crippen LogP contribution in [0.1, 0.15) is 22.0 Å². The second kappa shape index (κ2) is 6.15. The molecular formula is C17H19N3O2. The molecule has 0 spiro atoms. The van der Waals surface area contributed by atoms with Gasteiger partial charge in [-0.05, 0) is 17.7 Å². The van der Waals surface area contributed by atoms with Gasteiger partial charge >= 0.3 is 0 Å². The molecule has 3 rings (SSSR count). The maximum Gasteiger partial charge on any atom is 0.263 e. The number of aryl methyl sites for hydroxylation is 1. The van der Waals surface area contributed by atoms with E-state index in [4.69, 9.17) is 0 Å². The van der Waals surface area contributed by atoms with E-state index < -0.39 is 0 Å². The summed E-state index contributed by atoms with van der Waals surface area (Å²) in [6.07, 6.45) is 1.66. The summed E-state index contributed by atoms with van der Waals surface area (Å²) in [7, 11) is 1.66. The van der Waals surface area contributed by atoms with Crippen molar-refractivity contribution in [3.05, 3.63) is 70.1 Å². The average Bonchev–Trinajstić information content (AvgIpc) is 2.58. The maximum absolute atomic E-state index is 12.6. The monoisotopic (exact) mass is 297 g/mol. The Hall–Kier alpha value is -2.40. The van der Waals surface area contributed by atoms with Crippen molar-refractivity contribution in [1.82, 2.24) is 14.8 Å². The number of hydrogen-bond donors (Lipinski definition) is 1. The van der Waals surface area contributed by atoms with Gasteiger partial charge in [-0.1, -0.05) is 30.3 Å². The Morgan fingerprint density at radius 1 is 1.18 bits per heavy atom. The molecule has 1 atom stereocenters. The van der Waals surface area contributed by atoms with Gasteiger partial charge in [-0.15, -0.1) is 0 Å². The Kier molecular flexibility index (Phi) is 4.06. The summed E-state index contributed by atoms with van der Waals surface area (Å²) in [5, 5.41) is 3.42. The highest BCUT2D eigenvalue weighted by Gasteiger charge is 2.26. The molecular weight excluding hydrogens is 278 g/mol. The van der Waals surface area contributed by atoms with Gasteiger partial charge in [-0.2, -0.15) is 0 Å². The normalized spacial score (nSPS) is 18.2. The van der Waals surface area contributed by atoms with Gasteiger partial charge in [0.1, 0.15) is 5.56 Å². The van der Waals surface area contributed by atoms with Crippen molar-refractivity contribution in [3.63, 3.8) is 0 Å². The summed E-state index contributed by atoms with van der Waals surface area (Å²) in [6, 6.07) is 13.5. The molecule has 1 fully saturated rings. The van der Waals surface area contributed by atoms with E-state index >= 15 is 0 Å². The van der Waals surface area contributed by atoms with Crippen molar-refractivity contribution in [2.24, 2.45) is 7.05 Å². The first-order chi connectivity index (χ1) is 10.7. The van der Waals surface area contributed by atoms with Crippen molar-refractivity contribution < 1.29 is 4.79 Å². The number of hydrogen-bond acceptors (Lipinski definition) is 3. The summed E-state index contributed by atoms with van der Waals surface area (Å²) in [5.74, 6) is -0.191. The standard InChI is InChI=1S/C17H19N3O2/c1-19-10-5-8-14(16(19)21)17(22)20-11-9-18-15(12-20)13-6-3-2-4-7-13/h2-8,10,15,18H,9,11-12H2,1H3/t15-/m0/s1. The first-order valence-electron chi connectivity index (χ1n) is 7.40. The Morgan fingerprint density at radius 3 is 2.73 bits per heavy atom. The predicted octanol–water partition coefficient (Wildman–Crippen LogP) is 1.17. The Balaban J connectivity index is 1.81. The number of pyridine rings is 1. The minimum Gasteiger partial charge on any atom is -0.335 e. The van der Waals surface area contributed by atoms with Gasteiger partial charge in [0.05, 0.1) is 0 Å². The van der Waals surface area contributed by atoms with E-state index in [1.807, 2.05) is 30.3 Å². The molecule has 1 N–H and O–H groups in total. The van der Waals surface area contributed by atoms with Crippen LogP contribution < -0.4 is 10.9 Å². The molecule has 0 bridgehead atoms. The molecule has 2 heterocycles. The third kappa shape index (κ3) is 2.80. The molecule has 5 heteroatoms. The van der Waals surface area contributed by atoms with Gasteiger partial charge in [0, 0.05) is 38.9 Å². The van der Waals surface area contributed by atoms with Crippen LogP contribution in [0.15, 0.2) is 53.5 Å². The van der Waals surface area contributed by atoms with Gasteiger partial charge < -0.3 is 14.8 Å². The molecule has 0 aliphatic carbocycles. The van der Waals surface area contributed by atoms with Crippen LogP contribution in [0.25, 0.3) is 0 Å². The number of nitrogens with zero attached hydrogens (tertiary/aromatic N) is 2. The maximum atomic E-state index is 12.6. The summed E-state index contributed by atoms with van der Waals surface area (Å²) in [6.45, 7) is 1.90. The van der Waals surface area contributed by atoms with Crippen molar-refractivity contribution in [1.29, 1.82) is 0 Å². The molecule has 1 aromatic carbocycles. The number of aromatic nitrogens is 1. The number of rotatable bonds is 2. The number of benzene rings is 1. The van der Waals surface area contributed by atoms with E-state index in [1.165, 1.54) is 4.57 Å². The van der Waals surface area contributed by atoms with Gasteiger partial charge in [0.15, 0.2) is 0 Å². The number of carbonyl (C=O) groups excluding carboxylic acids is 1. The minimum absolute atomic E-state index is 0.103.